The highest BCUT2D eigenvalue weighted by atomic mass is 16.5. The number of ether oxygens (including phenoxy) is 1. The van der Waals surface area contributed by atoms with Crippen LogP contribution in [0.2, 0.25) is 0 Å². The summed E-state index contributed by atoms with van der Waals surface area (Å²) in [4.78, 5) is 0. The summed E-state index contributed by atoms with van der Waals surface area (Å²) in [6, 6.07) is 8.59. The van der Waals surface area contributed by atoms with Gasteiger partial charge in [0.1, 0.15) is 0 Å². The van der Waals surface area contributed by atoms with Crippen LogP contribution in [0.3, 0.4) is 0 Å². The van der Waals surface area contributed by atoms with E-state index in [2.05, 4.69) is 24.3 Å². The molecule has 56 valence electrons. The van der Waals surface area contributed by atoms with Crippen molar-refractivity contribution in [1.82, 2.24) is 0 Å². The zero-order chi connectivity index (χ0) is 7.26. The minimum Gasteiger partial charge on any atom is -0.366 e. The monoisotopic (exact) mass is 146 g/mol. The fraction of sp³-hybridized carbons (Fsp3) is 0.400. The van der Waals surface area contributed by atoms with E-state index < -0.39 is 0 Å². The molecule has 1 saturated heterocycles. The largest absolute Gasteiger partial charge is 0.366 e. The van der Waals surface area contributed by atoms with E-state index in [4.69, 9.17) is 4.74 Å². The molecule has 1 heteroatoms. The number of hydrogen-bond acceptors (Lipinski definition) is 1. The lowest BCUT2D eigenvalue weighted by Gasteiger charge is -2.09. The average Bonchev–Trinajstić information content (AvgIpc) is 2.64. The smallest absolute Gasteiger partial charge is 0.0838 e. The lowest BCUT2D eigenvalue weighted by molar-refractivity contribution is 0.0716. The quantitative estimate of drug-likeness (QED) is 0.546. The first-order valence-corrected chi connectivity index (χ1v) is 4.19. The lowest BCUT2D eigenvalue weighted by atomic mass is 9.92. The number of rotatable bonds is 0. The summed E-state index contributed by atoms with van der Waals surface area (Å²) in [5, 5.41) is 0. The Labute approximate surface area is 66.0 Å². The molecular formula is C10H10O. The van der Waals surface area contributed by atoms with Crippen molar-refractivity contribution in [2.45, 2.75) is 25.0 Å². The van der Waals surface area contributed by atoms with Crippen LogP contribution in [0, 0.1) is 0 Å². The van der Waals surface area contributed by atoms with Crippen LogP contribution in [0.15, 0.2) is 24.3 Å². The van der Waals surface area contributed by atoms with Crippen LogP contribution >= 0.6 is 0 Å². The summed E-state index contributed by atoms with van der Waals surface area (Å²) in [6.07, 6.45) is 3.30. The van der Waals surface area contributed by atoms with Gasteiger partial charge in [0.25, 0.3) is 0 Å². The summed E-state index contributed by atoms with van der Waals surface area (Å²) < 4.78 is 5.74. The van der Waals surface area contributed by atoms with Crippen molar-refractivity contribution < 1.29 is 4.74 Å². The molecule has 0 N–H and O–H groups in total. The van der Waals surface area contributed by atoms with Crippen molar-refractivity contribution in [2.75, 3.05) is 0 Å². The summed E-state index contributed by atoms with van der Waals surface area (Å²) in [6.45, 7) is 0. The third kappa shape index (κ3) is 0.641. The van der Waals surface area contributed by atoms with Crippen LogP contribution in [0.25, 0.3) is 0 Å². The van der Waals surface area contributed by atoms with Crippen molar-refractivity contribution in [1.29, 1.82) is 0 Å². The molecular weight excluding hydrogens is 136 g/mol. The fourth-order valence-electron chi connectivity index (χ4n) is 2.19. The van der Waals surface area contributed by atoms with Gasteiger partial charge in [-0.1, -0.05) is 24.3 Å². The molecule has 0 unspecified atom stereocenters. The molecule has 2 atom stereocenters. The molecule has 0 aromatic heterocycles. The number of benzene rings is 1. The second-order valence-electron chi connectivity index (χ2n) is 3.32. The Kier molecular flexibility index (Phi) is 0.977. The summed E-state index contributed by atoms with van der Waals surface area (Å²) in [7, 11) is 0. The Hall–Kier alpha value is -0.820. The fourth-order valence-corrected chi connectivity index (χ4v) is 2.19. The molecule has 1 fully saturated rings. The van der Waals surface area contributed by atoms with Gasteiger partial charge in [-0.05, 0) is 24.0 Å². The van der Waals surface area contributed by atoms with Gasteiger partial charge in [-0.2, -0.15) is 0 Å². The minimum absolute atomic E-state index is 0.427. The molecule has 0 radical (unpaired) electrons. The van der Waals surface area contributed by atoms with E-state index in [1.54, 1.807) is 0 Å². The van der Waals surface area contributed by atoms with Crippen molar-refractivity contribution in [2.24, 2.45) is 0 Å². The lowest BCUT2D eigenvalue weighted by Crippen LogP contribution is -1.95. The Morgan fingerprint density at radius 1 is 1.00 bits per heavy atom. The number of hydrogen-bond donors (Lipinski definition) is 0. The van der Waals surface area contributed by atoms with Gasteiger partial charge in [-0.15, -0.1) is 0 Å². The SMILES string of the molecule is c1ccc2c(c1)[C@@H]1CC[C@H]2O1. The van der Waals surface area contributed by atoms with E-state index in [0.717, 1.165) is 0 Å². The van der Waals surface area contributed by atoms with Crippen molar-refractivity contribution >= 4 is 0 Å². The van der Waals surface area contributed by atoms with E-state index in [1.807, 2.05) is 0 Å². The first-order chi connectivity index (χ1) is 5.45. The van der Waals surface area contributed by atoms with E-state index in [0.29, 0.717) is 12.2 Å². The van der Waals surface area contributed by atoms with Gasteiger partial charge < -0.3 is 4.74 Å². The van der Waals surface area contributed by atoms with Crippen LogP contribution in [-0.2, 0) is 4.74 Å². The molecule has 2 bridgehead atoms. The van der Waals surface area contributed by atoms with Gasteiger partial charge >= 0.3 is 0 Å². The van der Waals surface area contributed by atoms with Gasteiger partial charge in [-0.25, -0.2) is 0 Å². The van der Waals surface area contributed by atoms with E-state index in [-0.39, 0.29) is 0 Å². The van der Waals surface area contributed by atoms with Gasteiger partial charge in [0, 0.05) is 0 Å². The zero-order valence-corrected chi connectivity index (χ0v) is 6.29. The normalized spacial score (nSPS) is 32.4. The minimum atomic E-state index is 0.427. The van der Waals surface area contributed by atoms with Crippen LogP contribution in [0.4, 0.5) is 0 Å². The Bertz CT molecular complexity index is 264. The van der Waals surface area contributed by atoms with E-state index >= 15 is 0 Å². The summed E-state index contributed by atoms with van der Waals surface area (Å²) in [5.74, 6) is 0. The topological polar surface area (TPSA) is 9.23 Å². The zero-order valence-electron chi connectivity index (χ0n) is 6.29. The highest BCUT2D eigenvalue weighted by Crippen LogP contribution is 2.49. The van der Waals surface area contributed by atoms with E-state index in [1.165, 1.54) is 24.0 Å². The van der Waals surface area contributed by atoms with Crippen molar-refractivity contribution in [3.05, 3.63) is 35.4 Å². The second kappa shape index (κ2) is 1.86. The number of fused-ring (bicyclic) bond motifs is 5. The molecule has 3 rings (SSSR count). The van der Waals surface area contributed by atoms with Crippen molar-refractivity contribution in [3.8, 4) is 0 Å². The maximum absolute atomic E-state index is 5.74. The summed E-state index contributed by atoms with van der Waals surface area (Å²) in [5.41, 5.74) is 2.87. The predicted molar refractivity (Wildman–Crippen MR) is 42.2 cm³/mol. The van der Waals surface area contributed by atoms with Gasteiger partial charge in [-0.3, -0.25) is 0 Å². The van der Waals surface area contributed by atoms with Crippen LogP contribution in [0.1, 0.15) is 36.2 Å². The molecule has 1 nitrogen and oxygen atoms in total. The average molecular weight is 146 g/mol. The molecule has 0 spiro atoms. The molecule has 2 heterocycles. The summed E-state index contributed by atoms with van der Waals surface area (Å²) >= 11 is 0. The first kappa shape index (κ1) is 5.78. The molecule has 0 amide bonds. The highest BCUT2D eigenvalue weighted by molar-refractivity contribution is 5.36. The molecule has 2 aliphatic heterocycles. The van der Waals surface area contributed by atoms with Crippen LogP contribution in [-0.4, -0.2) is 0 Å². The van der Waals surface area contributed by atoms with Gasteiger partial charge in [0.15, 0.2) is 0 Å². The Morgan fingerprint density at radius 3 is 2.09 bits per heavy atom. The van der Waals surface area contributed by atoms with Crippen LogP contribution < -0.4 is 0 Å². The standard InChI is InChI=1S/C10H10O/c1-2-4-8-7(3-1)9-5-6-10(8)11-9/h1-4,9-10H,5-6H2/t9-,10+. The van der Waals surface area contributed by atoms with Gasteiger partial charge in [0.05, 0.1) is 12.2 Å². The maximum atomic E-state index is 5.74. The first-order valence-electron chi connectivity index (χ1n) is 4.19. The molecule has 2 aliphatic rings. The van der Waals surface area contributed by atoms with Crippen molar-refractivity contribution in [3.63, 3.8) is 0 Å². The highest BCUT2D eigenvalue weighted by Gasteiger charge is 2.37. The molecule has 11 heavy (non-hydrogen) atoms. The molecule has 1 aromatic carbocycles. The predicted octanol–water partition coefficient (Wildman–Crippen LogP) is 2.59. The second-order valence-corrected chi connectivity index (χ2v) is 3.32. The maximum Gasteiger partial charge on any atom is 0.0838 e. The molecule has 0 aliphatic carbocycles. The molecule has 0 saturated carbocycles. The van der Waals surface area contributed by atoms with Crippen LogP contribution in [0.5, 0.6) is 0 Å². The third-order valence-electron chi connectivity index (χ3n) is 2.71. The van der Waals surface area contributed by atoms with E-state index in [9.17, 15) is 0 Å². The molecule has 1 aromatic rings. The Balaban J connectivity index is 2.23. The Morgan fingerprint density at radius 2 is 1.55 bits per heavy atom. The van der Waals surface area contributed by atoms with Gasteiger partial charge in [0.2, 0.25) is 0 Å². The third-order valence-corrected chi connectivity index (χ3v) is 2.71.